The molecular weight excluding hydrogens is 589 g/mol. The van der Waals surface area contributed by atoms with E-state index in [2.05, 4.69) is 15.7 Å². The Morgan fingerprint density at radius 3 is 2.60 bits per heavy atom. The van der Waals surface area contributed by atoms with E-state index in [1.807, 2.05) is 6.92 Å². The first-order valence-electron chi connectivity index (χ1n) is 16.2. The molecule has 45 heavy (non-hydrogen) atoms. The topological polar surface area (TPSA) is 128 Å². The van der Waals surface area contributed by atoms with E-state index < -0.39 is 30.5 Å². The number of aryl methyl sites for hydroxylation is 1. The summed E-state index contributed by atoms with van der Waals surface area (Å²) in [5.74, 6) is -2.58. The van der Waals surface area contributed by atoms with Crippen LogP contribution in [0.5, 0.6) is 0 Å². The highest BCUT2D eigenvalue weighted by Gasteiger charge is 2.45. The lowest BCUT2D eigenvalue weighted by molar-refractivity contribution is -0.183. The number of rotatable bonds is 8. The first-order valence-corrected chi connectivity index (χ1v) is 16.2. The predicted octanol–water partition coefficient (Wildman–Crippen LogP) is 4.53. The van der Waals surface area contributed by atoms with Gasteiger partial charge in [-0.3, -0.25) is 14.3 Å². The van der Waals surface area contributed by atoms with E-state index in [0.29, 0.717) is 61.2 Å². The SMILES string of the molecule is CCn1nccc1C(=O)N[C@H](c1cn2nc(C[C@H]3C[C@@H](C(F)(F)F)CNC3=O)c(C3CCOCC3)nc2n1)C1CCCCCC1. The zero-order valence-electron chi connectivity index (χ0n) is 25.6. The molecule has 11 nitrogen and oxygen atoms in total. The number of carbonyl (C=O) groups is 2. The number of alkyl halides is 3. The van der Waals surface area contributed by atoms with E-state index >= 15 is 0 Å². The van der Waals surface area contributed by atoms with Crippen LogP contribution in [0.4, 0.5) is 13.2 Å². The lowest BCUT2D eigenvalue weighted by atomic mass is 9.84. The quantitative estimate of drug-likeness (QED) is 0.350. The Morgan fingerprint density at radius 2 is 1.89 bits per heavy atom. The van der Waals surface area contributed by atoms with Crippen LogP contribution < -0.4 is 10.6 Å². The minimum atomic E-state index is -4.39. The molecule has 1 aliphatic carbocycles. The van der Waals surface area contributed by atoms with Crippen molar-refractivity contribution in [2.45, 2.75) is 95.8 Å². The van der Waals surface area contributed by atoms with Gasteiger partial charge < -0.3 is 15.4 Å². The van der Waals surface area contributed by atoms with Gasteiger partial charge in [0.05, 0.1) is 35.2 Å². The van der Waals surface area contributed by atoms with E-state index in [-0.39, 0.29) is 36.6 Å². The van der Waals surface area contributed by atoms with Gasteiger partial charge in [0, 0.05) is 50.8 Å². The third-order valence-corrected chi connectivity index (χ3v) is 9.63. The van der Waals surface area contributed by atoms with Crippen molar-refractivity contribution < 1.29 is 27.5 Å². The summed E-state index contributed by atoms with van der Waals surface area (Å²) in [6.07, 6.45) is 6.45. The molecule has 3 fully saturated rings. The van der Waals surface area contributed by atoms with Gasteiger partial charge in [0.2, 0.25) is 5.91 Å². The zero-order valence-corrected chi connectivity index (χ0v) is 25.6. The van der Waals surface area contributed by atoms with Gasteiger partial charge in [-0.2, -0.15) is 23.4 Å². The fourth-order valence-electron chi connectivity index (χ4n) is 7.11. The van der Waals surface area contributed by atoms with Crippen molar-refractivity contribution in [1.82, 2.24) is 40.0 Å². The number of ether oxygens (including phenoxy) is 1. The standard InChI is InChI=1S/C31H41F3N8O3/c1-2-41-25(9-12-36-41)29(44)38-27(19-7-5-3-4-6-8-19)24-18-42-30(37-24)39-26(20-10-13-45-14-11-20)23(40-42)16-21-15-22(31(32,33)34)17-35-28(21)43/h9,12,18-22,27H,2-8,10-11,13-17H2,1H3,(H,35,43)(H,38,44)/t21-,22-,27+/m1/s1. The fourth-order valence-corrected chi connectivity index (χ4v) is 7.11. The van der Waals surface area contributed by atoms with E-state index in [0.717, 1.165) is 38.5 Å². The van der Waals surface area contributed by atoms with E-state index in [1.165, 1.54) is 0 Å². The number of amides is 2. The molecule has 244 valence electrons. The molecule has 0 spiro atoms. The second-order valence-electron chi connectivity index (χ2n) is 12.6. The normalized spacial score (nSPS) is 23.1. The first-order chi connectivity index (χ1) is 21.7. The number of imidazole rings is 1. The summed E-state index contributed by atoms with van der Waals surface area (Å²) < 4.78 is 49.6. The van der Waals surface area contributed by atoms with Crippen molar-refractivity contribution in [3.63, 3.8) is 0 Å². The molecular formula is C31H41F3N8O3. The second kappa shape index (κ2) is 13.4. The molecule has 5 heterocycles. The van der Waals surface area contributed by atoms with Crippen molar-refractivity contribution in [2.24, 2.45) is 17.8 Å². The maximum atomic E-state index is 13.6. The van der Waals surface area contributed by atoms with Gasteiger partial charge in [-0.15, -0.1) is 0 Å². The second-order valence-corrected chi connectivity index (χ2v) is 12.6. The number of nitrogens with zero attached hydrogens (tertiary/aromatic N) is 6. The molecule has 0 aromatic carbocycles. The lowest BCUT2D eigenvalue weighted by Crippen LogP contribution is -2.47. The Morgan fingerprint density at radius 1 is 1.13 bits per heavy atom. The molecule has 1 saturated carbocycles. The average Bonchev–Trinajstić information content (AvgIpc) is 3.59. The Hall–Kier alpha value is -3.55. The maximum Gasteiger partial charge on any atom is 0.393 e. The maximum absolute atomic E-state index is 13.6. The average molecular weight is 631 g/mol. The van der Waals surface area contributed by atoms with Gasteiger partial charge in [-0.05, 0) is 51.0 Å². The van der Waals surface area contributed by atoms with Crippen molar-refractivity contribution in [1.29, 1.82) is 0 Å². The van der Waals surface area contributed by atoms with Crippen LogP contribution in [0, 0.1) is 17.8 Å². The van der Waals surface area contributed by atoms with E-state index in [4.69, 9.17) is 19.8 Å². The fraction of sp³-hybridized carbons (Fsp3) is 0.677. The predicted molar refractivity (Wildman–Crippen MR) is 157 cm³/mol. The van der Waals surface area contributed by atoms with Gasteiger partial charge in [-0.1, -0.05) is 25.7 Å². The number of halogens is 3. The highest BCUT2D eigenvalue weighted by atomic mass is 19.4. The summed E-state index contributed by atoms with van der Waals surface area (Å²) in [4.78, 5) is 36.1. The number of hydrogen-bond donors (Lipinski definition) is 2. The van der Waals surface area contributed by atoms with Crippen LogP contribution in [0.2, 0.25) is 0 Å². The smallest absolute Gasteiger partial charge is 0.381 e. The minimum absolute atomic E-state index is 0.0110. The Bertz CT molecular complexity index is 1490. The number of carbonyl (C=O) groups excluding carboxylic acids is 2. The molecule has 0 bridgehead atoms. The third-order valence-electron chi connectivity index (χ3n) is 9.63. The number of aromatic nitrogens is 6. The Balaban J connectivity index is 1.36. The third kappa shape index (κ3) is 7.00. The molecule has 2 saturated heterocycles. The van der Waals surface area contributed by atoms with Crippen LogP contribution in [0.3, 0.4) is 0 Å². The van der Waals surface area contributed by atoms with Gasteiger partial charge in [0.1, 0.15) is 5.69 Å². The van der Waals surface area contributed by atoms with Crippen molar-refractivity contribution in [3.8, 4) is 0 Å². The van der Waals surface area contributed by atoms with Crippen LogP contribution in [0.1, 0.15) is 104 Å². The van der Waals surface area contributed by atoms with Crippen molar-refractivity contribution in [3.05, 3.63) is 41.2 Å². The summed E-state index contributed by atoms with van der Waals surface area (Å²) in [5.41, 5.74) is 2.28. The Labute approximate surface area is 259 Å². The minimum Gasteiger partial charge on any atom is -0.381 e. The molecule has 0 radical (unpaired) electrons. The molecule has 14 heteroatoms. The van der Waals surface area contributed by atoms with Crippen LogP contribution >= 0.6 is 0 Å². The van der Waals surface area contributed by atoms with Crippen molar-refractivity contribution >= 4 is 17.6 Å². The molecule has 3 atom stereocenters. The van der Waals surface area contributed by atoms with Crippen LogP contribution in [-0.2, 0) is 22.5 Å². The van der Waals surface area contributed by atoms with E-state index in [1.54, 1.807) is 27.7 Å². The highest BCUT2D eigenvalue weighted by Crippen LogP contribution is 2.37. The molecule has 2 aliphatic heterocycles. The molecule has 2 amide bonds. The number of fused-ring (bicyclic) bond motifs is 1. The monoisotopic (exact) mass is 630 g/mol. The largest absolute Gasteiger partial charge is 0.393 e. The number of nitrogens with one attached hydrogen (secondary N) is 2. The molecule has 0 unspecified atom stereocenters. The Kier molecular flexibility index (Phi) is 9.39. The van der Waals surface area contributed by atoms with Crippen LogP contribution in [-0.4, -0.2) is 67.1 Å². The zero-order chi connectivity index (χ0) is 31.6. The molecule has 3 aliphatic rings. The number of piperidine rings is 1. The first kappa shape index (κ1) is 31.4. The summed E-state index contributed by atoms with van der Waals surface area (Å²) in [6.45, 7) is 3.17. The van der Waals surface area contributed by atoms with E-state index in [9.17, 15) is 22.8 Å². The number of hydrogen-bond acceptors (Lipinski definition) is 7. The van der Waals surface area contributed by atoms with Crippen LogP contribution in [0.25, 0.3) is 5.78 Å². The molecule has 3 aromatic heterocycles. The van der Waals surface area contributed by atoms with Gasteiger partial charge in [0.15, 0.2) is 0 Å². The lowest BCUT2D eigenvalue weighted by Gasteiger charge is -2.31. The molecule has 6 rings (SSSR count). The molecule has 3 aromatic rings. The summed E-state index contributed by atoms with van der Waals surface area (Å²) in [7, 11) is 0. The van der Waals surface area contributed by atoms with Crippen molar-refractivity contribution in [2.75, 3.05) is 19.8 Å². The van der Waals surface area contributed by atoms with Crippen LogP contribution in [0.15, 0.2) is 18.5 Å². The van der Waals surface area contributed by atoms with Gasteiger partial charge >= 0.3 is 6.18 Å². The summed E-state index contributed by atoms with van der Waals surface area (Å²) in [5, 5.41) is 14.8. The summed E-state index contributed by atoms with van der Waals surface area (Å²) >= 11 is 0. The van der Waals surface area contributed by atoms with Gasteiger partial charge in [0.25, 0.3) is 11.7 Å². The van der Waals surface area contributed by atoms with Gasteiger partial charge in [-0.25, -0.2) is 14.5 Å². The highest BCUT2D eigenvalue weighted by molar-refractivity contribution is 5.92. The summed E-state index contributed by atoms with van der Waals surface area (Å²) in [6, 6.07) is 1.32. The molecule has 2 N–H and O–H groups in total.